The van der Waals surface area contributed by atoms with Crippen LogP contribution in [0.4, 0.5) is 4.79 Å². The second-order valence-corrected chi connectivity index (χ2v) is 9.99. The van der Waals surface area contributed by atoms with Crippen LogP contribution in [0.2, 0.25) is 0 Å². The van der Waals surface area contributed by atoms with Gasteiger partial charge in [0.25, 0.3) is 0 Å². The van der Waals surface area contributed by atoms with Gasteiger partial charge >= 0.3 is 12.1 Å². The number of carboxylic acids is 1. The lowest BCUT2D eigenvalue weighted by Crippen LogP contribution is -2.46. The summed E-state index contributed by atoms with van der Waals surface area (Å²) in [4.78, 5) is 36.6. The standard InChI is InChI=1S/C28H34N2O5/c1-17(2)25(15-26(31)32)30-27(33)18-8-7-9-19(14-18)29-28(34)35-16-24-22-12-5-3-10-20(22)21-11-4-6-13-23(21)24/h3-6,10-13,17-19,24-25H,7-9,14-16H2,1-2H3,(H,29,34)(H,30,33)(H,31,32)/t18-,19+,25+/m1/s1. The highest BCUT2D eigenvalue weighted by molar-refractivity contribution is 5.80. The van der Waals surface area contributed by atoms with Crippen molar-refractivity contribution < 1.29 is 24.2 Å². The van der Waals surface area contributed by atoms with Crippen LogP contribution in [-0.2, 0) is 14.3 Å². The molecule has 4 rings (SSSR count). The summed E-state index contributed by atoms with van der Waals surface area (Å²) in [7, 11) is 0. The van der Waals surface area contributed by atoms with Crippen molar-refractivity contribution in [3.8, 4) is 11.1 Å². The molecule has 0 unspecified atom stereocenters. The smallest absolute Gasteiger partial charge is 0.407 e. The highest BCUT2D eigenvalue weighted by atomic mass is 16.5. The molecule has 2 aromatic rings. The van der Waals surface area contributed by atoms with E-state index in [1.54, 1.807) is 0 Å². The topological polar surface area (TPSA) is 105 Å². The van der Waals surface area contributed by atoms with Gasteiger partial charge < -0.3 is 20.5 Å². The minimum Gasteiger partial charge on any atom is -0.481 e. The number of amides is 2. The maximum absolute atomic E-state index is 12.8. The third-order valence-corrected chi connectivity index (χ3v) is 7.24. The maximum Gasteiger partial charge on any atom is 0.407 e. The summed E-state index contributed by atoms with van der Waals surface area (Å²) in [6.07, 6.45) is 2.29. The van der Waals surface area contributed by atoms with Crippen LogP contribution in [0.25, 0.3) is 11.1 Å². The fourth-order valence-corrected chi connectivity index (χ4v) is 5.31. The summed E-state index contributed by atoms with van der Waals surface area (Å²) < 4.78 is 5.66. The average molecular weight is 479 g/mol. The van der Waals surface area contributed by atoms with Gasteiger partial charge in [0.1, 0.15) is 6.61 Å². The lowest BCUT2D eigenvalue weighted by Gasteiger charge is -2.30. The molecule has 0 aromatic heterocycles. The third kappa shape index (κ3) is 5.84. The lowest BCUT2D eigenvalue weighted by atomic mass is 9.84. The van der Waals surface area contributed by atoms with Crippen molar-refractivity contribution in [1.29, 1.82) is 0 Å². The molecule has 0 radical (unpaired) electrons. The average Bonchev–Trinajstić information content (AvgIpc) is 3.16. The number of carbonyl (C=O) groups is 3. The molecular weight excluding hydrogens is 444 g/mol. The van der Waals surface area contributed by atoms with Crippen LogP contribution in [0.15, 0.2) is 48.5 Å². The second-order valence-electron chi connectivity index (χ2n) is 9.99. The minimum atomic E-state index is -0.928. The van der Waals surface area contributed by atoms with Gasteiger partial charge in [0.05, 0.1) is 6.42 Å². The zero-order valence-electron chi connectivity index (χ0n) is 20.3. The second kappa shape index (κ2) is 10.9. The monoisotopic (exact) mass is 478 g/mol. The van der Waals surface area contributed by atoms with Crippen molar-refractivity contribution in [3.05, 3.63) is 59.7 Å². The van der Waals surface area contributed by atoms with E-state index in [1.165, 1.54) is 11.1 Å². The molecule has 0 aliphatic heterocycles. The molecule has 0 saturated heterocycles. The Labute approximate surface area is 206 Å². The fourth-order valence-electron chi connectivity index (χ4n) is 5.31. The van der Waals surface area contributed by atoms with E-state index in [4.69, 9.17) is 9.84 Å². The highest BCUT2D eigenvalue weighted by Crippen LogP contribution is 2.44. The van der Waals surface area contributed by atoms with Gasteiger partial charge in [-0.05, 0) is 47.4 Å². The summed E-state index contributed by atoms with van der Waals surface area (Å²) in [6.45, 7) is 4.05. The van der Waals surface area contributed by atoms with Gasteiger partial charge in [0.2, 0.25) is 5.91 Å². The zero-order valence-corrected chi connectivity index (χ0v) is 20.3. The van der Waals surface area contributed by atoms with E-state index < -0.39 is 18.1 Å². The molecular formula is C28H34N2O5. The van der Waals surface area contributed by atoms with Crippen molar-refractivity contribution >= 4 is 18.0 Å². The number of ether oxygens (including phenoxy) is 1. The third-order valence-electron chi connectivity index (χ3n) is 7.24. The van der Waals surface area contributed by atoms with Crippen LogP contribution in [0, 0.1) is 11.8 Å². The van der Waals surface area contributed by atoms with Crippen molar-refractivity contribution in [2.45, 2.75) is 64.0 Å². The number of aliphatic carboxylic acids is 1. The molecule has 1 fully saturated rings. The van der Waals surface area contributed by atoms with Crippen molar-refractivity contribution in [3.63, 3.8) is 0 Å². The van der Waals surface area contributed by atoms with Crippen LogP contribution in [0.5, 0.6) is 0 Å². The number of alkyl carbamates (subject to hydrolysis) is 1. The number of benzene rings is 2. The predicted molar refractivity (Wildman–Crippen MR) is 133 cm³/mol. The zero-order chi connectivity index (χ0) is 24.9. The number of carbonyl (C=O) groups excluding carboxylic acids is 2. The SMILES string of the molecule is CC(C)[C@H](CC(=O)O)NC(=O)[C@@H]1CCC[C@H](NC(=O)OCC2c3ccccc3-c3ccccc32)C1. The number of carboxylic acid groups (broad SMARTS) is 1. The Morgan fingerprint density at radius 2 is 1.63 bits per heavy atom. The number of hydrogen-bond donors (Lipinski definition) is 3. The molecule has 0 bridgehead atoms. The quantitative estimate of drug-likeness (QED) is 0.510. The van der Waals surface area contributed by atoms with E-state index in [9.17, 15) is 14.4 Å². The molecule has 7 nitrogen and oxygen atoms in total. The Bertz CT molecular complexity index is 1040. The Morgan fingerprint density at radius 3 is 2.23 bits per heavy atom. The van der Waals surface area contributed by atoms with Crippen molar-refractivity contribution in [2.24, 2.45) is 11.8 Å². The van der Waals surface area contributed by atoms with Gasteiger partial charge in [0.15, 0.2) is 0 Å². The Hall–Kier alpha value is -3.35. The molecule has 35 heavy (non-hydrogen) atoms. The Kier molecular flexibility index (Phi) is 7.73. The maximum atomic E-state index is 12.8. The first-order valence-electron chi connectivity index (χ1n) is 12.5. The van der Waals surface area contributed by atoms with E-state index in [0.717, 1.165) is 30.4 Å². The van der Waals surface area contributed by atoms with Gasteiger partial charge in [-0.2, -0.15) is 0 Å². The fraction of sp³-hybridized carbons (Fsp3) is 0.464. The van der Waals surface area contributed by atoms with Gasteiger partial charge in [0, 0.05) is 23.9 Å². The van der Waals surface area contributed by atoms with E-state index in [2.05, 4.69) is 34.9 Å². The molecule has 1 saturated carbocycles. The molecule has 2 aromatic carbocycles. The number of rotatable bonds is 8. The summed E-state index contributed by atoms with van der Waals surface area (Å²) in [5, 5.41) is 15.0. The van der Waals surface area contributed by atoms with Gasteiger partial charge in [-0.15, -0.1) is 0 Å². The van der Waals surface area contributed by atoms with Crippen LogP contribution in [0.3, 0.4) is 0 Å². The number of nitrogens with one attached hydrogen (secondary N) is 2. The van der Waals surface area contributed by atoms with Gasteiger partial charge in [-0.3, -0.25) is 9.59 Å². The normalized spacial score (nSPS) is 20.0. The molecule has 186 valence electrons. The van der Waals surface area contributed by atoms with Crippen LogP contribution in [-0.4, -0.2) is 41.8 Å². The van der Waals surface area contributed by atoms with Gasteiger partial charge in [-0.25, -0.2) is 4.79 Å². The summed E-state index contributed by atoms with van der Waals surface area (Å²) in [5.74, 6) is -1.29. The van der Waals surface area contributed by atoms with E-state index in [1.807, 2.05) is 38.1 Å². The molecule has 3 N–H and O–H groups in total. The van der Waals surface area contributed by atoms with Crippen molar-refractivity contribution in [2.75, 3.05) is 6.61 Å². The van der Waals surface area contributed by atoms with E-state index in [0.29, 0.717) is 6.42 Å². The van der Waals surface area contributed by atoms with E-state index >= 15 is 0 Å². The van der Waals surface area contributed by atoms with Crippen LogP contribution in [0.1, 0.15) is 63.0 Å². The minimum absolute atomic E-state index is 0.000217. The molecule has 2 aliphatic rings. The Balaban J connectivity index is 1.31. The van der Waals surface area contributed by atoms with Crippen LogP contribution >= 0.6 is 0 Å². The van der Waals surface area contributed by atoms with E-state index in [-0.39, 0.29) is 42.7 Å². The van der Waals surface area contributed by atoms with Crippen LogP contribution < -0.4 is 10.6 Å². The first kappa shape index (κ1) is 24.8. The predicted octanol–water partition coefficient (Wildman–Crippen LogP) is 4.70. The summed E-state index contributed by atoms with van der Waals surface area (Å²) in [6, 6.07) is 15.9. The number of fused-ring (bicyclic) bond motifs is 3. The van der Waals surface area contributed by atoms with Gasteiger partial charge in [-0.1, -0.05) is 68.8 Å². The van der Waals surface area contributed by atoms with Crippen molar-refractivity contribution in [1.82, 2.24) is 10.6 Å². The first-order valence-corrected chi connectivity index (χ1v) is 12.5. The molecule has 2 aliphatic carbocycles. The lowest BCUT2D eigenvalue weighted by molar-refractivity contribution is -0.138. The molecule has 0 spiro atoms. The summed E-state index contributed by atoms with van der Waals surface area (Å²) >= 11 is 0. The highest BCUT2D eigenvalue weighted by Gasteiger charge is 2.32. The first-order chi connectivity index (χ1) is 16.8. The summed E-state index contributed by atoms with van der Waals surface area (Å²) in [5.41, 5.74) is 4.69. The molecule has 7 heteroatoms. The molecule has 2 amide bonds. The largest absolute Gasteiger partial charge is 0.481 e. The number of hydrogen-bond acceptors (Lipinski definition) is 4. The molecule has 0 heterocycles. The Morgan fingerprint density at radius 1 is 1.00 bits per heavy atom. The molecule has 3 atom stereocenters.